The molecule has 2 heterocycles. The zero-order valence-corrected chi connectivity index (χ0v) is 23.0. The minimum atomic E-state index is -1.11. The molecule has 0 unspecified atom stereocenters. The number of aromatic nitrogens is 1. The molecule has 0 spiro atoms. The second-order valence-corrected chi connectivity index (χ2v) is 9.09. The fraction of sp³-hybridized carbons (Fsp3) is 0.194. The van der Waals surface area contributed by atoms with Gasteiger partial charge in [0, 0.05) is 22.6 Å². The van der Waals surface area contributed by atoms with E-state index in [1.807, 2.05) is 24.3 Å². The van der Waals surface area contributed by atoms with Crippen LogP contribution in [0.25, 0.3) is 5.69 Å². The van der Waals surface area contributed by atoms with Gasteiger partial charge < -0.3 is 28.3 Å². The third-order valence-corrected chi connectivity index (χ3v) is 6.09. The quantitative estimate of drug-likeness (QED) is 0.131. The molecule has 0 saturated carbocycles. The minimum Gasteiger partial charge on any atom is -0.493 e. The summed E-state index contributed by atoms with van der Waals surface area (Å²) in [6.07, 6.45) is 3.50. The van der Waals surface area contributed by atoms with E-state index in [1.54, 1.807) is 30.3 Å². The number of carboxylic acids is 1. The Hall–Kier alpha value is -5.25. The summed E-state index contributed by atoms with van der Waals surface area (Å²) in [6, 6.07) is 18.5. The van der Waals surface area contributed by atoms with Gasteiger partial charge in [-0.3, -0.25) is 4.79 Å². The molecule has 0 bridgehead atoms. The van der Waals surface area contributed by atoms with Crippen LogP contribution in [0.3, 0.4) is 0 Å². The predicted molar refractivity (Wildman–Crippen MR) is 153 cm³/mol. The van der Waals surface area contributed by atoms with Crippen molar-refractivity contribution in [2.45, 2.75) is 26.9 Å². The molecule has 0 radical (unpaired) electrons. The highest BCUT2D eigenvalue weighted by molar-refractivity contribution is 5.92. The molecule has 0 aliphatic rings. The highest BCUT2D eigenvalue weighted by Crippen LogP contribution is 2.33. The predicted octanol–water partition coefficient (Wildman–Crippen LogP) is 5.23. The van der Waals surface area contributed by atoms with Crippen molar-refractivity contribution >= 4 is 18.1 Å². The molecule has 0 aliphatic carbocycles. The zero-order valence-electron chi connectivity index (χ0n) is 23.0. The van der Waals surface area contributed by atoms with Gasteiger partial charge in [-0.25, -0.2) is 10.2 Å². The number of carbonyl (C=O) groups excluding carboxylic acids is 1. The molecule has 0 fully saturated rings. The summed E-state index contributed by atoms with van der Waals surface area (Å²) in [6.45, 7) is 7.48. The molecule has 2 N–H and O–H groups in total. The van der Waals surface area contributed by atoms with Crippen LogP contribution in [-0.2, 0) is 17.8 Å². The number of nitrogens with one attached hydrogen (secondary N) is 1. The summed E-state index contributed by atoms with van der Waals surface area (Å²) >= 11 is 0. The van der Waals surface area contributed by atoms with Crippen molar-refractivity contribution in [3.63, 3.8) is 0 Å². The second kappa shape index (κ2) is 13.2. The Labute approximate surface area is 237 Å². The van der Waals surface area contributed by atoms with Crippen LogP contribution in [0.5, 0.6) is 17.2 Å². The number of benzene rings is 2. The van der Waals surface area contributed by atoms with Crippen LogP contribution in [-0.4, -0.2) is 41.5 Å². The molecule has 2 aromatic heterocycles. The number of methoxy groups -OCH3 is 1. The first-order chi connectivity index (χ1) is 19.8. The first kappa shape index (κ1) is 28.8. The van der Waals surface area contributed by atoms with Crippen molar-refractivity contribution in [3.05, 3.63) is 107 Å². The number of hydrogen-bond donors (Lipinski definition) is 2. The summed E-state index contributed by atoms with van der Waals surface area (Å²) in [5, 5.41) is 13.0. The SMILES string of the molecule is C=CCc1cc(/C=N/NC(=O)c2ccc(COc3ccc(-n4c(C)ccc4C)cc3)o2)cc(OC)c1OCC(=O)O. The Bertz CT molecular complexity index is 1550. The number of allylic oxidation sites excluding steroid dienone is 1. The summed E-state index contributed by atoms with van der Waals surface area (Å²) < 4.78 is 24.4. The Morgan fingerprint density at radius 1 is 1.05 bits per heavy atom. The molecule has 0 aliphatic heterocycles. The van der Waals surface area contributed by atoms with Gasteiger partial charge in [-0.1, -0.05) is 6.08 Å². The third kappa shape index (κ3) is 7.24. The molecule has 0 saturated heterocycles. The summed E-state index contributed by atoms with van der Waals surface area (Å²) in [4.78, 5) is 23.5. The van der Waals surface area contributed by atoms with Crippen LogP contribution in [0, 0.1) is 13.8 Å². The van der Waals surface area contributed by atoms with E-state index in [0.29, 0.717) is 40.6 Å². The Morgan fingerprint density at radius 3 is 2.44 bits per heavy atom. The number of furan rings is 1. The van der Waals surface area contributed by atoms with Gasteiger partial charge in [0.25, 0.3) is 0 Å². The van der Waals surface area contributed by atoms with Crippen molar-refractivity contribution in [1.29, 1.82) is 0 Å². The first-order valence-electron chi connectivity index (χ1n) is 12.8. The lowest BCUT2D eigenvalue weighted by molar-refractivity contribution is -0.139. The molecule has 41 heavy (non-hydrogen) atoms. The van der Waals surface area contributed by atoms with E-state index in [1.165, 1.54) is 13.3 Å². The van der Waals surface area contributed by atoms with Crippen LogP contribution in [0.1, 0.15) is 38.8 Å². The van der Waals surface area contributed by atoms with Crippen LogP contribution in [0.2, 0.25) is 0 Å². The van der Waals surface area contributed by atoms with Gasteiger partial charge in [0.1, 0.15) is 18.1 Å². The van der Waals surface area contributed by atoms with Gasteiger partial charge in [-0.2, -0.15) is 5.10 Å². The number of amides is 1. The maximum Gasteiger partial charge on any atom is 0.341 e. The average molecular weight is 558 g/mol. The normalized spacial score (nSPS) is 10.9. The molecule has 10 nitrogen and oxygen atoms in total. The monoisotopic (exact) mass is 557 g/mol. The molecule has 2 aromatic carbocycles. The molecule has 4 aromatic rings. The molecule has 0 atom stereocenters. The number of carboxylic acid groups (broad SMARTS) is 1. The van der Waals surface area contributed by atoms with Crippen molar-refractivity contribution in [2.24, 2.45) is 5.10 Å². The van der Waals surface area contributed by atoms with Crippen LogP contribution in [0.4, 0.5) is 0 Å². The van der Waals surface area contributed by atoms with E-state index >= 15 is 0 Å². The molecule has 1 amide bonds. The van der Waals surface area contributed by atoms with E-state index in [-0.39, 0.29) is 12.4 Å². The number of hydrogen-bond acceptors (Lipinski definition) is 7. The highest BCUT2D eigenvalue weighted by atomic mass is 16.5. The van der Waals surface area contributed by atoms with Gasteiger partial charge in [0.2, 0.25) is 0 Å². The fourth-order valence-electron chi connectivity index (χ4n) is 4.23. The van der Waals surface area contributed by atoms with Crippen molar-refractivity contribution < 1.29 is 33.3 Å². The van der Waals surface area contributed by atoms with Crippen LogP contribution in [0.15, 0.2) is 82.8 Å². The topological polar surface area (TPSA) is 125 Å². The van der Waals surface area contributed by atoms with Crippen molar-refractivity contribution in [2.75, 3.05) is 13.7 Å². The molecule has 212 valence electrons. The lowest BCUT2D eigenvalue weighted by Gasteiger charge is -2.14. The second-order valence-electron chi connectivity index (χ2n) is 9.09. The third-order valence-electron chi connectivity index (χ3n) is 6.09. The molecular weight excluding hydrogens is 526 g/mol. The average Bonchev–Trinajstić information content (AvgIpc) is 3.57. The van der Waals surface area contributed by atoms with Crippen LogP contribution < -0.4 is 19.6 Å². The van der Waals surface area contributed by atoms with Gasteiger partial charge in [-0.05, 0) is 86.5 Å². The fourth-order valence-corrected chi connectivity index (χ4v) is 4.23. The number of hydrazone groups is 1. The number of ether oxygens (including phenoxy) is 3. The Kier molecular flexibility index (Phi) is 9.26. The maximum atomic E-state index is 12.5. The molecule has 10 heteroatoms. The van der Waals surface area contributed by atoms with E-state index < -0.39 is 18.5 Å². The number of rotatable bonds is 13. The highest BCUT2D eigenvalue weighted by Gasteiger charge is 2.15. The number of aryl methyl sites for hydroxylation is 2. The van der Waals surface area contributed by atoms with Crippen molar-refractivity contribution in [3.8, 4) is 22.9 Å². The summed E-state index contributed by atoms with van der Waals surface area (Å²) in [7, 11) is 1.45. The lowest BCUT2D eigenvalue weighted by atomic mass is 10.1. The van der Waals surface area contributed by atoms with Crippen LogP contribution >= 0.6 is 0 Å². The van der Waals surface area contributed by atoms with E-state index in [9.17, 15) is 9.59 Å². The largest absolute Gasteiger partial charge is 0.493 e. The Balaban J connectivity index is 1.35. The summed E-state index contributed by atoms with van der Waals surface area (Å²) in [5.41, 5.74) is 7.05. The van der Waals surface area contributed by atoms with Gasteiger partial charge in [0.05, 0.1) is 13.3 Å². The number of nitrogens with zero attached hydrogens (tertiary/aromatic N) is 2. The maximum absolute atomic E-state index is 12.5. The summed E-state index contributed by atoms with van der Waals surface area (Å²) in [5.74, 6) is 0.239. The van der Waals surface area contributed by atoms with E-state index in [4.69, 9.17) is 23.7 Å². The van der Waals surface area contributed by atoms with E-state index in [0.717, 1.165) is 17.1 Å². The lowest BCUT2D eigenvalue weighted by Crippen LogP contribution is -2.17. The van der Waals surface area contributed by atoms with Crippen molar-refractivity contribution in [1.82, 2.24) is 9.99 Å². The first-order valence-corrected chi connectivity index (χ1v) is 12.8. The van der Waals surface area contributed by atoms with Gasteiger partial charge in [0.15, 0.2) is 23.9 Å². The minimum absolute atomic E-state index is 0.0806. The Morgan fingerprint density at radius 2 is 1.78 bits per heavy atom. The zero-order chi connectivity index (χ0) is 29.4. The van der Waals surface area contributed by atoms with E-state index in [2.05, 4.69) is 47.7 Å². The molecule has 4 rings (SSSR count). The number of carbonyl (C=O) groups is 2. The number of aliphatic carboxylic acids is 1. The smallest absolute Gasteiger partial charge is 0.341 e. The standard InChI is InChI=1S/C31H31N3O7/c1-5-6-23-15-22(16-28(38-4)30(23)40-19-29(35)36)17-32-33-31(37)27-14-13-26(41-27)18-39-25-11-9-24(10-12-25)34-20(2)7-8-21(34)3/h5,7-17H,1,6,18-19H2,2-4H3,(H,33,37)(H,35,36)/b32-17+. The van der Waals surface area contributed by atoms with Gasteiger partial charge in [-0.15, -0.1) is 6.58 Å². The molecular formula is C31H31N3O7. The van der Waals surface area contributed by atoms with Gasteiger partial charge >= 0.3 is 11.9 Å².